The van der Waals surface area contributed by atoms with E-state index in [1.54, 1.807) is 6.07 Å². The molecule has 3 heterocycles. The monoisotopic (exact) mass is 304 g/mol. The normalized spacial score (nSPS) is 11.9. The number of nitrogens with zero attached hydrogens (tertiary/aromatic N) is 2. The van der Waals surface area contributed by atoms with Crippen molar-refractivity contribution in [2.45, 2.75) is 6.92 Å². The van der Waals surface area contributed by atoms with Crippen LogP contribution in [0.5, 0.6) is 0 Å². The van der Waals surface area contributed by atoms with Crippen LogP contribution in [0.3, 0.4) is 0 Å². The van der Waals surface area contributed by atoms with Crippen LogP contribution in [0.1, 0.15) is 5.56 Å². The van der Waals surface area contributed by atoms with Gasteiger partial charge in [0.05, 0.1) is 0 Å². The molecule has 18 heavy (non-hydrogen) atoms. The molecule has 4 rings (SSSR count). The second kappa shape index (κ2) is 3.44. The fraction of sp³-hybridized carbons (Fsp3) is 0.0714. The Bertz CT molecular complexity index is 904. The van der Waals surface area contributed by atoms with Crippen molar-refractivity contribution < 1.29 is 4.39 Å². The van der Waals surface area contributed by atoms with Crippen molar-refractivity contribution in [1.82, 2.24) is 9.38 Å². The molecule has 0 amide bonds. The molecule has 0 fully saturated rings. The Morgan fingerprint density at radius 2 is 2.11 bits per heavy atom. The Kier molecular flexibility index (Phi) is 1.97. The molecule has 0 saturated carbocycles. The molecule has 3 aromatic heterocycles. The summed E-state index contributed by atoms with van der Waals surface area (Å²) < 4.78 is 17.7. The Hall–Kier alpha value is -1.64. The third kappa shape index (κ3) is 1.30. The van der Waals surface area contributed by atoms with Gasteiger partial charge in [0.1, 0.15) is 0 Å². The van der Waals surface area contributed by atoms with Crippen molar-refractivity contribution in [1.29, 1.82) is 0 Å². The van der Waals surface area contributed by atoms with E-state index < -0.39 is 0 Å². The van der Waals surface area contributed by atoms with Crippen LogP contribution in [0.15, 0.2) is 36.5 Å². The van der Waals surface area contributed by atoms with Crippen molar-refractivity contribution in [2.24, 2.45) is 0 Å². The fourth-order valence-electron chi connectivity index (χ4n) is 2.28. The van der Waals surface area contributed by atoms with E-state index in [4.69, 9.17) is 0 Å². The number of fused-ring (bicyclic) bond motifs is 5. The van der Waals surface area contributed by atoms with Gasteiger partial charge in [-0.15, -0.1) is 0 Å². The number of aryl methyl sites for hydroxylation is 1. The second-order valence-electron chi connectivity index (χ2n) is 4.44. The second-order valence-corrected chi connectivity index (χ2v) is 6.61. The van der Waals surface area contributed by atoms with Crippen molar-refractivity contribution in [3.63, 3.8) is 0 Å². The van der Waals surface area contributed by atoms with Crippen LogP contribution in [0.25, 0.3) is 25.2 Å². The van der Waals surface area contributed by atoms with Crippen LogP contribution in [0.4, 0.5) is 4.39 Å². The molecule has 0 bridgehead atoms. The molecule has 0 atom stereocenters. The van der Waals surface area contributed by atoms with Crippen molar-refractivity contribution in [3.05, 3.63) is 47.9 Å². The summed E-state index contributed by atoms with van der Waals surface area (Å²) in [5.41, 5.74) is 3.21. The van der Waals surface area contributed by atoms with Gasteiger partial charge in [-0.1, -0.05) is 0 Å². The molecule has 0 saturated heterocycles. The molecule has 1 aromatic carbocycles. The number of hydrogen-bond acceptors (Lipinski definition) is 1. The zero-order valence-corrected chi connectivity index (χ0v) is 11.4. The van der Waals surface area contributed by atoms with E-state index in [1.165, 1.54) is 16.0 Å². The van der Waals surface area contributed by atoms with Gasteiger partial charge in [0, 0.05) is 0 Å². The number of aromatic nitrogens is 2. The Morgan fingerprint density at radius 1 is 1.22 bits per heavy atom. The summed E-state index contributed by atoms with van der Waals surface area (Å²) in [7, 11) is 0. The third-order valence-electron chi connectivity index (χ3n) is 3.13. The quantitative estimate of drug-likeness (QED) is 0.456. The predicted octanol–water partition coefficient (Wildman–Crippen LogP) is 3.15. The van der Waals surface area contributed by atoms with Gasteiger partial charge in [-0.3, -0.25) is 0 Å². The Morgan fingerprint density at radius 3 is 3.00 bits per heavy atom. The first-order chi connectivity index (χ1) is 8.72. The van der Waals surface area contributed by atoms with Gasteiger partial charge in [-0.05, 0) is 0 Å². The average Bonchev–Trinajstić information content (AvgIpc) is 2.84. The van der Waals surface area contributed by atoms with Gasteiger partial charge >= 0.3 is 108 Å². The molecule has 0 aliphatic rings. The number of benzene rings is 1. The molecular weight excluding hydrogens is 294 g/mol. The summed E-state index contributed by atoms with van der Waals surface area (Å²) in [6.45, 7) is 2.07. The van der Waals surface area contributed by atoms with Gasteiger partial charge in [-0.25, -0.2) is 0 Å². The molecule has 0 spiro atoms. The zero-order chi connectivity index (χ0) is 12.3. The summed E-state index contributed by atoms with van der Waals surface area (Å²) in [5.74, 6) is -0.161. The SMILES string of the molecule is Cc1ccc2nc3c4ccc(F)cc4[se]c3n2c1. The van der Waals surface area contributed by atoms with Gasteiger partial charge in [-0.2, -0.15) is 0 Å². The topological polar surface area (TPSA) is 17.3 Å². The number of rotatable bonds is 0. The molecular formula is C14H9FN2Se. The summed E-state index contributed by atoms with van der Waals surface area (Å²) in [6, 6.07) is 9.10. The van der Waals surface area contributed by atoms with Gasteiger partial charge in [0.15, 0.2) is 0 Å². The van der Waals surface area contributed by atoms with E-state index in [1.807, 2.05) is 12.1 Å². The Labute approximate surface area is 108 Å². The molecule has 2 nitrogen and oxygen atoms in total. The standard InChI is InChI=1S/C14H9FN2Se/c1-8-2-5-12-16-13-10-4-3-9(15)6-11(10)18-14(13)17(12)7-8/h2-7H,1H3. The first-order valence-electron chi connectivity index (χ1n) is 5.69. The molecule has 0 unspecified atom stereocenters. The first-order valence-corrected chi connectivity index (χ1v) is 7.40. The minimum absolute atomic E-state index is 0.139. The van der Waals surface area contributed by atoms with Crippen LogP contribution >= 0.6 is 0 Å². The third-order valence-corrected chi connectivity index (χ3v) is 5.52. The number of hydrogen-bond donors (Lipinski definition) is 0. The number of pyridine rings is 1. The summed E-state index contributed by atoms with van der Waals surface area (Å²) in [6.07, 6.45) is 2.10. The molecule has 0 aliphatic carbocycles. The van der Waals surface area contributed by atoms with E-state index in [0.29, 0.717) is 0 Å². The summed E-state index contributed by atoms with van der Waals surface area (Å²) >= 11 is 0.139. The van der Waals surface area contributed by atoms with E-state index in [-0.39, 0.29) is 20.3 Å². The van der Waals surface area contributed by atoms with Crippen LogP contribution in [-0.2, 0) is 0 Å². The van der Waals surface area contributed by atoms with E-state index >= 15 is 0 Å². The molecule has 88 valence electrons. The molecule has 4 aromatic rings. The van der Waals surface area contributed by atoms with Crippen LogP contribution < -0.4 is 0 Å². The maximum absolute atomic E-state index is 13.3. The minimum atomic E-state index is -0.161. The number of imidazole rings is 1. The molecule has 0 N–H and O–H groups in total. The van der Waals surface area contributed by atoms with Crippen molar-refractivity contribution in [2.75, 3.05) is 0 Å². The number of halogens is 1. The Balaban J connectivity index is 2.25. The predicted molar refractivity (Wildman–Crippen MR) is 71.8 cm³/mol. The van der Waals surface area contributed by atoms with Gasteiger partial charge in [0.2, 0.25) is 0 Å². The molecule has 4 heteroatoms. The van der Waals surface area contributed by atoms with E-state index in [9.17, 15) is 4.39 Å². The first kappa shape index (κ1) is 10.3. The van der Waals surface area contributed by atoms with Gasteiger partial charge < -0.3 is 0 Å². The summed E-state index contributed by atoms with van der Waals surface area (Å²) in [4.78, 5) is 4.66. The van der Waals surface area contributed by atoms with Crippen molar-refractivity contribution >= 4 is 39.7 Å². The molecule has 0 radical (unpaired) electrons. The van der Waals surface area contributed by atoms with E-state index in [0.717, 1.165) is 20.8 Å². The maximum atomic E-state index is 13.3. The fourth-order valence-corrected chi connectivity index (χ4v) is 4.70. The summed E-state index contributed by atoms with van der Waals surface area (Å²) in [5, 5.41) is 1.09. The van der Waals surface area contributed by atoms with E-state index in [2.05, 4.69) is 28.6 Å². The average molecular weight is 303 g/mol. The van der Waals surface area contributed by atoms with Gasteiger partial charge in [0.25, 0.3) is 0 Å². The van der Waals surface area contributed by atoms with Crippen LogP contribution in [0, 0.1) is 12.7 Å². The van der Waals surface area contributed by atoms with Crippen LogP contribution in [0.2, 0.25) is 0 Å². The zero-order valence-electron chi connectivity index (χ0n) is 9.64. The van der Waals surface area contributed by atoms with Crippen molar-refractivity contribution in [3.8, 4) is 0 Å². The van der Waals surface area contributed by atoms with Crippen LogP contribution in [-0.4, -0.2) is 23.9 Å². The molecule has 0 aliphatic heterocycles.